The van der Waals surface area contributed by atoms with Crippen molar-refractivity contribution >= 4 is 17.8 Å². The van der Waals surface area contributed by atoms with Crippen molar-refractivity contribution in [2.45, 2.75) is 31.8 Å². The average Bonchev–Trinajstić information content (AvgIpc) is 2.77. The molecule has 4 amide bonds. The van der Waals surface area contributed by atoms with E-state index in [2.05, 4.69) is 10.9 Å². The second-order valence-electron chi connectivity index (χ2n) is 5.84. The van der Waals surface area contributed by atoms with Crippen LogP contribution in [-0.4, -0.2) is 51.6 Å². The van der Waals surface area contributed by atoms with Crippen LogP contribution in [0.5, 0.6) is 0 Å². The van der Waals surface area contributed by atoms with Crippen LogP contribution in [0.2, 0.25) is 0 Å². The van der Waals surface area contributed by atoms with Crippen LogP contribution in [0.4, 0.5) is 4.79 Å². The smallest absolute Gasteiger partial charge is 0.309 e. The predicted molar refractivity (Wildman–Crippen MR) is 79.3 cm³/mol. The highest BCUT2D eigenvalue weighted by Gasteiger charge is 2.46. The van der Waals surface area contributed by atoms with Gasteiger partial charge in [0, 0.05) is 12.1 Å². The molecule has 0 aromatic heterocycles. The van der Waals surface area contributed by atoms with Gasteiger partial charge >= 0.3 is 6.03 Å². The minimum atomic E-state index is -0.686. The van der Waals surface area contributed by atoms with E-state index in [1.165, 1.54) is 4.90 Å². The summed E-state index contributed by atoms with van der Waals surface area (Å²) >= 11 is 0. The molecule has 23 heavy (non-hydrogen) atoms. The van der Waals surface area contributed by atoms with E-state index in [1.54, 1.807) is 24.3 Å². The van der Waals surface area contributed by atoms with Crippen molar-refractivity contribution in [2.24, 2.45) is 0 Å². The third kappa shape index (κ3) is 2.85. The summed E-state index contributed by atoms with van der Waals surface area (Å²) in [5, 5.41) is 10.3. The number of benzene rings is 1. The fourth-order valence-electron chi connectivity index (χ4n) is 2.90. The van der Waals surface area contributed by atoms with Gasteiger partial charge in [-0.25, -0.2) is 9.86 Å². The first-order valence-corrected chi connectivity index (χ1v) is 7.43. The molecule has 0 unspecified atom stereocenters. The lowest BCUT2D eigenvalue weighted by Crippen LogP contribution is -2.54. The molecule has 0 radical (unpaired) electrons. The Morgan fingerprint density at radius 2 is 1.87 bits per heavy atom. The van der Waals surface area contributed by atoms with Crippen molar-refractivity contribution in [3.05, 3.63) is 35.4 Å². The predicted octanol–water partition coefficient (Wildman–Crippen LogP) is 0.414. The van der Waals surface area contributed by atoms with Crippen molar-refractivity contribution < 1.29 is 19.6 Å². The van der Waals surface area contributed by atoms with Crippen molar-refractivity contribution in [1.29, 1.82) is 0 Å². The summed E-state index contributed by atoms with van der Waals surface area (Å²) in [6, 6.07) is 5.42. The zero-order chi connectivity index (χ0) is 16.6. The lowest BCUT2D eigenvalue weighted by atomic mass is 10.0. The molecule has 0 saturated carbocycles. The van der Waals surface area contributed by atoms with E-state index in [-0.39, 0.29) is 6.04 Å². The molecule has 3 N–H and O–H groups in total. The molecule has 2 aliphatic rings. The summed E-state index contributed by atoms with van der Waals surface area (Å²) < 4.78 is 0. The summed E-state index contributed by atoms with van der Waals surface area (Å²) in [4.78, 5) is 37.3. The van der Waals surface area contributed by atoms with Gasteiger partial charge in [0.05, 0.1) is 6.04 Å². The molecular weight excluding hydrogens is 300 g/mol. The summed E-state index contributed by atoms with van der Waals surface area (Å²) in [7, 11) is 0. The molecule has 2 aliphatic heterocycles. The molecule has 8 nitrogen and oxygen atoms in total. The Balaban J connectivity index is 1.58. The van der Waals surface area contributed by atoms with Crippen LogP contribution >= 0.6 is 0 Å². The SMILES string of the molecule is Cc1ccc(C(=O)NNC(=O)[C@@H]2CC[C@@H]3CN2C(=O)N3O)cc1. The molecule has 122 valence electrons. The normalized spacial score (nSPS) is 23.0. The Morgan fingerprint density at radius 3 is 2.57 bits per heavy atom. The van der Waals surface area contributed by atoms with Crippen molar-refractivity contribution in [3.63, 3.8) is 0 Å². The number of nitrogens with zero attached hydrogens (tertiary/aromatic N) is 2. The van der Waals surface area contributed by atoms with Crippen LogP contribution in [0.3, 0.4) is 0 Å². The Bertz CT molecular complexity index is 645. The number of fused-ring (bicyclic) bond motifs is 2. The number of urea groups is 1. The van der Waals surface area contributed by atoms with Gasteiger partial charge < -0.3 is 4.90 Å². The topological polar surface area (TPSA) is 102 Å². The number of amides is 4. The number of nitrogens with one attached hydrogen (secondary N) is 2. The van der Waals surface area contributed by atoms with Gasteiger partial charge in [0.15, 0.2) is 0 Å². The Kier molecular flexibility index (Phi) is 3.91. The maximum Gasteiger partial charge on any atom is 0.344 e. The lowest BCUT2D eigenvalue weighted by molar-refractivity contribution is -0.126. The number of piperidine rings is 1. The highest BCUT2D eigenvalue weighted by Crippen LogP contribution is 2.28. The molecule has 3 rings (SSSR count). The number of hydrogen-bond donors (Lipinski definition) is 3. The van der Waals surface area contributed by atoms with E-state index in [9.17, 15) is 19.6 Å². The molecule has 0 spiro atoms. The van der Waals surface area contributed by atoms with Gasteiger partial charge in [0.2, 0.25) is 0 Å². The second-order valence-corrected chi connectivity index (χ2v) is 5.84. The first kappa shape index (κ1) is 15.3. The van der Waals surface area contributed by atoms with E-state index in [0.717, 1.165) is 5.56 Å². The van der Waals surface area contributed by atoms with Crippen molar-refractivity contribution in [2.75, 3.05) is 6.54 Å². The molecule has 2 fully saturated rings. The number of hydrazine groups is 1. The monoisotopic (exact) mass is 318 g/mol. The summed E-state index contributed by atoms with van der Waals surface area (Å²) in [5.74, 6) is -0.892. The van der Waals surface area contributed by atoms with Crippen LogP contribution in [0, 0.1) is 6.92 Å². The average molecular weight is 318 g/mol. The number of hydroxylamine groups is 2. The fourth-order valence-corrected chi connectivity index (χ4v) is 2.90. The molecule has 2 atom stereocenters. The van der Waals surface area contributed by atoms with Gasteiger partial charge in [-0.2, -0.15) is 0 Å². The van der Waals surface area contributed by atoms with Gasteiger partial charge in [-0.1, -0.05) is 17.7 Å². The third-order valence-corrected chi connectivity index (χ3v) is 4.26. The molecule has 2 bridgehead atoms. The van der Waals surface area contributed by atoms with Crippen molar-refractivity contribution in [1.82, 2.24) is 20.8 Å². The Morgan fingerprint density at radius 1 is 1.17 bits per heavy atom. The van der Waals surface area contributed by atoms with Crippen LogP contribution in [0.1, 0.15) is 28.8 Å². The highest BCUT2D eigenvalue weighted by molar-refractivity contribution is 5.96. The number of carbonyl (C=O) groups is 3. The van der Waals surface area contributed by atoms with Crippen LogP contribution in [0.25, 0.3) is 0 Å². The number of rotatable bonds is 2. The van der Waals surface area contributed by atoms with Crippen LogP contribution in [0.15, 0.2) is 24.3 Å². The van der Waals surface area contributed by atoms with Crippen LogP contribution in [-0.2, 0) is 4.79 Å². The van der Waals surface area contributed by atoms with E-state index >= 15 is 0 Å². The molecule has 0 aliphatic carbocycles. The molecule has 1 aromatic carbocycles. The minimum absolute atomic E-state index is 0.256. The fraction of sp³-hybridized carbons (Fsp3) is 0.400. The zero-order valence-corrected chi connectivity index (χ0v) is 12.7. The van der Waals surface area contributed by atoms with Gasteiger partial charge in [-0.05, 0) is 31.9 Å². The molecule has 1 aromatic rings. The Hall–Kier alpha value is -2.61. The highest BCUT2D eigenvalue weighted by atomic mass is 16.5. The Labute approximate surface area is 133 Å². The molecule has 2 heterocycles. The molecule has 2 saturated heterocycles. The van der Waals surface area contributed by atoms with Gasteiger partial charge in [0.25, 0.3) is 11.8 Å². The summed E-state index contributed by atoms with van der Waals surface area (Å²) in [6.45, 7) is 2.23. The first-order chi connectivity index (χ1) is 11.0. The standard InChI is InChI=1S/C15H18N4O4/c1-9-2-4-10(5-3-9)13(20)16-17-14(21)12-7-6-11-8-18(12)15(22)19(11)23/h2-5,11-12,23H,6-8H2,1H3,(H,16,20)(H,17,21)/t11-,12+/m1/s1. The second kappa shape index (κ2) is 5.88. The largest absolute Gasteiger partial charge is 0.344 e. The zero-order valence-electron chi connectivity index (χ0n) is 12.7. The third-order valence-electron chi connectivity index (χ3n) is 4.26. The lowest BCUT2D eigenvalue weighted by Gasteiger charge is -2.29. The quantitative estimate of drug-likeness (QED) is 0.543. The van der Waals surface area contributed by atoms with Crippen LogP contribution < -0.4 is 10.9 Å². The first-order valence-electron chi connectivity index (χ1n) is 7.43. The van der Waals surface area contributed by atoms with Gasteiger partial charge in [-0.15, -0.1) is 0 Å². The summed E-state index contributed by atoms with van der Waals surface area (Å²) in [5.41, 5.74) is 6.16. The van der Waals surface area contributed by atoms with Gasteiger partial charge in [0.1, 0.15) is 6.04 Å². The number of hydrogen-bond acceptors (Lipinski definition) is 4. The van der Waals surface area contributed by atoms with E-state index in [1.807, 2.05) is 6.92 Å². The number of carbonyl (C=O) groups excluding carboxylic acids is 3. The van der Waals surface area contributed by atoms with Gasteiger partial charge in [-0.3, -0.25) is 25.6 Å². The maximum absolute atomic E-state index is 12.2. The molecule has 8 heteroatoms. The van der Waals surface area contributed by atoms with E-state index < -0.39 is 23.9 Å². The minimum Gasteiger partial charge on any atom is -0.309 e. The maximum atomic E-state index is 12.2. The van der Waals surface area contributed by atoms with Crippen molar-refractivity contribution in [3.8, 4) is 0 Å². The van der Waals surface area contributed by atoms with E-state index in [0.29, 0.717) is 30.0 Å². The van der Waals surface area contributed by atoms with E-state index in [4.69, 9.17) is 0 Å². The summed E-state index contributed by atoms with van der Waals surface area (Å²) in [6.07, 6.45) is 0.989. The molecular formula is C15H18N4O4. The number of aryl methyl sites for hydroxylation is 1.